The third-order valence-electron chi connectivity index (χ3n) is 4.27. The van der Waals surface area contributed by atoms with Crippen molar-refractivity contribution in [3.05, 3.63) is 79.6 Å². The Morgan fingerprint density at radius 2 is 2.04 bits per heavy atom. The summed E-state index contributed by atoms with van der Waals surface area (Å²) >= 11 is 7.14. The molecule has 0 radical (unpaired) electrons. The molecule has 4 aromatic rings. The van der Waals surface area contributed by atoms with Crippen molar-refractivity contribution in [1.82, 2.24) is 14.6 Å². The van der Waals surface area contributed by atoms with E-state index in [1.807, 2.05) is 18.2 Å². The highest BCUT2D eigenvalue weighted by molar-refractivity contribution is 7.15. The van der Waals surface area contributed by atoms with E-state index >= 15 is 0 Å². The molecule has 9 heteroatoms. The zero-order chi connectivity index (χ0) is 19.3. The lowest BCUT2D eigenvalue weighted by Gasteiger charge is -2.24. The van der Waals surface area contributed by atoms with E-state index in [0.29, 0.717) is 26.8 Å². The Bertz CT molecular complexity index is 1300. The number of ether oxygens (including phenoxy) is 2. The van der Waals surface area contributed by atoms with E-state index in [1.165, 1.54) is 22.7 Å². The fourth-order valence-electron chi connectivity index (χ4n) is 2.91. The van der Waals surface area contributed by atoms with E-state index < -0.39 is 17.5 Å². The highest BCUT2D eigenvalue weighted by Crippen LogP contribution is 2.35. The first-order valence-corrected chi connectivity index (χ1v) is 9.53. The number of para-hydroxylation sites is 2. The maximum absolute atomic E-state index is 14.0. The van der Waals surface area contributed by atoms with Crippen molar-refractivity contribution in [1.29, 1.82) is 0 Å². The highest BCUT2D eigenvalue weighted by atomic mass is 35.5. The van der Waals surface area contributed by atoms with Crippen molar-refractivity contribution in [2.75, 3.05) is 6.61 Å². The van der Waals surface area contributed by atoms with Crippen LogP contribution in [0.2, 0.25) is 5.02 Å². The van der Waals surface area contributed by atoms with Gasteiger partial charge in [-0.15, -0.1) is 5.10 Å². The van der Waals surface area contributed by atoms with Crippen molar-refractivity contribution >= 4 is 34.0 Å². The molecule has 140 valence electrons. The smallest absolute Gasteiger partial charge is 0.291 e. The maximum Gasteiger partial charge on any atom is 0.291 e. The molecule has 1 aliphatic heterocycles. The van der Waals surface area contributed by atoms with Gasteiger partial charge in [-0.2, -0.15) is 9.50 Å². The number of hydrogen-bond donors (Lipinski definition) is 0. The Balaban J connectivity index is 1.53. The summed E-state index contributed by atoms with van der Waals surface area (Å²) in [6.07, 6.45) is 0.895. The zero-order valence-corrected chi connectivity index (χ0v) is 15.7. The average Bonchev–Trinajstić information content (AvgIpc) is 3.24. The first-order valence-electron chi connectivity index (χ1n) is 8.34. The van der Waals surface area contributed by atoms with Gasteiger partial charge in [0.05, 0.1) is 9.55 Å². The van der Waals surface area contributed by atoms with Gasteiger partial charge in [-0.25, -0.2) is 4.39 Å². The van der Waals surface area contributed by atoms with Gasteiger partial charge in [0.1, 0.15) is 12.4 Å². The molecule has 6 nitrogen and oxygen atoms in total. The number of benzene rings is 2. The maximum atomic E-state index is 14.0. The molecule has 0 saturated carbocycles. The highest BCUT2D eigenvalue weighted by Gasteiger charge is 2.27. The molecule has 2 aromatic heterocycles. The minimum atomic E-state index is -0.519. The Hall–Kier alpha value is -2.97. The van der Waals surface area contributed by atoms with E-state index in [1.54, 1.807) is 12.1 Å². The fourth-order valence-corrected chi connectivity index (χ4v) is 4.03. The van der Waals surface area contributed by atoms with Gasteiger partial charge in [0.15, 0.2) is 23.4 Å². The van der Waals surface area contributed by atoms with E-state index in [-0.39, 0.29) is 17.2 Å². The number of hydrogen-bond acceptors (Lipinski definition) is 6. The molecule has 2 aromatic carbocycles. The molecule has 0 fully saturated rings. The van der Waals surface area contributed by atoms with Gasteiger partial charge in [-0.3, -0.25) is 4.79 Å². The summed E-state index contributed by atoms with van der Waals surface area (Å²) in [5.41, 5.74) is -0.234. The van der Waals surface area contributed by atoms with Gasteiger partial charge in [0.25, 0.3) is 5.56 Å². The fraction of sp³-hybridized carbons (Fsp3) is 0.105. The van der Waals surface area contributed by atoms with Crippen molar-refractivity contribution in [2.24, 2.45) is 0 Å². The third kappa shape index (κ3) is 2.81. The van der Waals surface area contributed by atoms with Crippen molar-refractivity contribution in [2.45, 2.75) is 6.10 Å². The largest absolute Gasteiger partial charge is 0.485 e. The summed E-state index contributed by atoms with van der Waals surface area (Å²) < 4.78 is 27.0. The van der Waals surface area contributed by atoms with Crippen LogP contribution in [0.1, 0.15) is 17.5 Å². The van der Waals surface area contributed by atoms with Gasteiger partial charge in [-0.05, 0) is 30.3 Å². The van der Waals surface area contributed by atoms with Crippen LogP contribution in [0.3, 0.4) is 0 Å². The molecule has 0 amide bonds. The molecule has 0 N–H and O–H groups in total. The second-order valence-electron chi connectivity index (χ2n) is 6.08. The lowest BCUT2D eigenvalue weighted by atomic mass is 10.2. The summed E-state index contributed by atoms with van der Waals surface area (Å²) in [4.78, 5) is 17.4. The van der Waals surface area contributed by atoms with Crippen LogP contribution in [0.5, 0.6) is 11.5 Å². The standard InChI is InChI=1S/C19H11ClFN3O3S/c20-11-4-3-5-12(21)10(11)8-16-18(25)24-19(28-16)22-17(23-24)15-9-26-13-6-1-2-7-14(13)27-15/h1-8,15H,9H2/b16-8-/t15-/m0/s1. The Labute approximate surface area is 166 Å². The summed E-state index contributed by atoms with van der Waals surface area (Å²) in [5.74, 6) is 1.11. The van der Waals surface area contributed by atoms with E-state index in [2.05, 4.69) is 10.1 Å². The van der Waals surface area contributed by atoms with Gasteiger partial charge in [0.2, 0.25) is 4.96 Å². The first-order chi connectivity index (χ1) is 13.6. The molecular weight excluding hydrogens is 405 g/mol. The van der Waals surface area contributed by atoms with E-state index in [9.17, 15) is 9.18 Å². The average molecular weight is 416 g/mol. The number of thiazole rings is 1. The van der Waals surface area contributed by atoms with Crippen LogP contribution in [0.4, 0.5) is 4.39 Å². The molecule has 1 atom stereocenters. The first kappa shape index (κ1) is 17.2. The molecule has 28 heavy (non-hydrogen) atoms. The van der Waals surface area contributed by atoms with Crippen LogP contribution in [0, 0.1) is 5.82 Å². The topological polar surface area (TPSA) is 65.7 Å². The Morgan fingerprint density at radius 3 is 2.82 bits per heavy atom. The van der Waals surface area contributed by atoms with Crippen LogP contribution >= 0.6 is 22.9 Å². The van der Waals surface area contributed by atoms with Gasteiger partial charge >= 0.3 is 0 Å². The quantitative estimate of drug-likeness (QED) is 0.503. The molecule has 5 rings (SSSR count). The lowest BCUT2D eigenvalue weighted by molar-refractivity contribution is 0.0852. The molecule has 0 saturated heterocycles. The lowest BCUT2D eigenvalue weighted by Crippen LogP contribution is -2.26. The van der Waals surface area contributed by atoms with Gasteiger partial charge in [0, 0.05) is 5.56 Å². The summed E-state index contributed by atoms with van der Waals surface area (Å²) in [6, 6.07) is 11.7. The minimum absolute atomic E-state index is 0.159. The van der Waals surface area contributed by atoms with Crippen molar-refractivity contribution in [3.63, 3.8) is 0 Å². The Kier molecular flexibility index (Phi) is 4.03. The van der Waals surface area contributed by atoms with E-state index in [4.69, 9.17) is 21.1 Å². The van der Waals surface area contributed by atoms with Crippen LogP contribution in [0.25, 0.3) is 11.0 Å². The molecule has 1 aliphatic rings. The SMILES string of the molecule is O=c1/c(=C/c2c(F)cccc2Cl)sc2nc([C@@H]3COc4ccccc4O3)nn12. The monoisotopic (exact) mass is 415 g/mol. The van der Waals surface area contributed by atoms with Crippen LogP contribution < -0.4 is 19.6 Å². The third-order valence-corrected chi connectivity index (χ3v) is 5.56. The summed E-state index contributed by atoms with van der Waals surface area (Å²) in [7, 11) is 0. The molecule has 0 bridgehead atoms. The predicted octanol–water partition coefficient (Wildman–Crippen LogP) is 3.00. The van der Waals surface area contributed by atoms with Crippen molar-refractivity contribution < 1.29 is 13.9 Å². The summed E-state index contributed by atoms with van der Waals surface area (Å²) in [6.45, 7) is 0.243. The number of nitrogens with zero attached hydrogens (tertiary/aromatic N) is 3. The van der Waals surface area contributed by atoms with Crippen LogP contribution in [0.15, 0.2) is 47.3 Å². The summed E-state index contributed by atoms with van der Waals surface area (Å²) in [5, 5.41) is 4.50. The zero-order valence-electron chi connectivity index (χ0n) is 14.1. The number of aromatic nitrogens is 3. The molecule has 0 unspecified atom stereocenters. The number of rotatable bonds is 2. The number of fused-ring (bicyclic) bond motifs is 2. The molecule has 0 spiro atoms. The normalized spacial score (nSPS) is 16.6. The minimum Gasteiger partial charge on any atom is -0.485 e. The van der Waals surface area contributed by atoms with Gasteiger partial charge in [-0.1, -0.05) is 41.1 Å². The molecular formula is C19H11ClFN3O3S. The second kappa shape index (κ2) is 6.57. The van der Waals surface area contributed by atoms with Crippen LogP contribution in [-0.4, -0.2) is 21.2 Å². The molecule has 3 heterocycles. The van der Waals surface area contributed by atoms with Gasteiger partial charge < -0.3 is 9.47 Å². The van der Waals surface area contributed by atoms with E-state index in [0.717, 1.165) is 11.3 Å². The molecule has 0 aliphatic carbocycles. The second-order valence-corrected chi connectivity index (χ2v) is 7.50. The Morgan fingerprint density at radius 1 is 1.21 bits per heavy atom. The van der Waals surface area contributed by atoms with Crippen LogP contribution in [-0.2, 0) is 0 Å². The predicted molar refractivity (Wildman–Crippen MR) is 103 cm³/mol. The number of halogens is 2. The van der Waals surface area contributed by atoms with Crippen molar-refractivity contribution in [3.8, 4) is 11.5 Å².